The number of ketones is 1. The van der Waals surface area contributed by atoms with Crippen LogP contribution in [0.4, 0.5) is 4.39 Å². The highest BCUT2D eigenvalue weighted by atomic mass is 79.9. The highest BCUT2D eigenvalue weighted by molar-refractivity contribution is 9.10. The molecule has 0 bridgehead atoms. The highest BCUT2D eigenvalue weighted by Gasteiger charge is 2.17. The number of aryl methyl sites for hydroxylation is 1. The standard InChI is InChI=1S/C11H13BrFNO/c1-6-5-8(13)11(12)10(7(6)2)9(15)3-4-14/h5H,3-4,14H2,1-2H3. The van der Waals surface area contributed by atoms with Crippen molar-refractivity contribution in [3.63, 3.8) is 0 Å². The van der Waals surface area contributed by atoms with E-state index in [1.807, 2.05) is 6.92 Å². The van der Waals surface area contributed by atoms with Crippen LogP contribution in [0.15, 0.2) is 10.5 Å². The van der Waals surface area contributed by atoms with Crippen molar-refractivity contribution >= 4 is 21.7 Å². The van der Waals surface area contributed by atoms with Crippen molar-refractivity contribution in [2.75, 3.05) is 6.54 Å². The second kappa shape index (κ2) is 4.86. The fourth-order valence-electron chi connectivity index (χ4n) is 1.43. The molecule has 0 aliphatic heterocycles. The van der Waals surface area contributed by atoms with Crippen LogP contribution in [0.1, 0.15) is 27.9 Å². The van der Waals surface area contributed by atoms with Gasteiger partial charge in [-0.15, -0.1) is 0 Å². The zero-order valence-corrected chi connectivity index (χ0v) is 10.3. The molecule has 4 heteroatoms. The van der Waals surface area contributed by atoms with Gasteiger partial charge in [-0.2, -0.15) is 0 Å². The van der Waals surface area contributed by atoms with Gasteiger partial charge in [0.25, 0.3) is 0 Å². The van der Waals surface area contributed by atoms with Gasteiger partial charge < -0.3 is 5.73 Å². The number of benzene rings is 1. The minimum Gasteiger partial charge on any atom is -0.330 e. The minimum atomic E-state index is -0.404. The summed E-state index contributed by atoms with van der Waals surface area (Å²) in [6.07, 6.45) is 0.238. The molecule has 0 amide bonds. The summed E-state index contributed by atoms with van der Waals surface area (Å²) >= 11 is 3.10. The van der Waals surface area contributed by atoms with Crippen LogP contribution in [0, 0.1) is 19.7 Å². The SMILES string of the molecule is Cc1cc(F)c(Br)c(C(=O)CCN)c1C. The average Bonchev–Trinajstić information content (AvgIpc) is 2.16. The van der Waals surface area contributed by atoms with E-state index in [2.05, 4.69) is 15.9 Å². The molecule has 0 atom stereocenters. The van der Waals surface area contributed by atoms with E-state index < -0.39 is 5.82 Å². The van der Waals surface area contributed by atoms with Gasteiger partial charge in [-0.25, -0.2) is 4.39 Å². The molecule has 2 N–H and O–H groups in total. The summed E-state index contributed by atoms with van der Waals surface area (Å²) in [6.45, 7) is 3.87. The number of nitrogens with two attached hydrogens (primary N) is 1. The van der Waals surface area contributed by atoms with Crippen molar-refractivity contribution in [2.45, 2.75) is 20.3 Å². The molecule has 1 rings (SSSR count). The molecule has 1 aromatic rings. The van der Waals surface area contributed by atoms with Crippen molar-refractivity contribution in [1.82, 2.24) is 0 Å². The first kappa shape index (κ1) is 12.3. The Morgan fingerprint density at radius 2 is 2.13 bits per heavy atom. The van der Waals surface area contributed by atoms with Crippen LogP contribution in [-0.2, 0) is 0 Å². The molecule has 0 aliphatic carbocycles. The van der Waals surface area contributed by atoms with Crippen LogP contribution in [-0.4, -0.2) is 12.3 Å². The molecule has 0 saturated heterocycles. The van der Waals surface area contributed by atoms with Crippen molar-refractivity contribution in [2.24, 2.45) is 5.73 Å². The fraction of sp³-hybridized carbons (Fsp3) is 0.364. The third-order valence-electron chi connectivity index (χ3n) is 2.39. The number of Topliss-reactive ketones (excluding diaryl/α,β-unsaturated/α-hetero) is 1. The predicted octanol–water partition coefficient (Wildman–Crippen LogP) is 2.74. The van der Waals surface area contributed by atoms with Gasteiger partial charge in [-0.3, -0.25) is 4.79 Å². The van der Waals surface area contributed by atoms with Crippen molar-refractivity contribution in [1.29, 1.82) is 0 Å². The van der Waals surface area contributed by atoms with E-state index in [1.54, 1.807) is 6.92 Å². The molecule has 0 radical (unpaired) electrons. The zero-order valence-electron chi connectivity index (χ0n) is 8.73. The van der Waals surface area contributed by atoms with Crippen LogP contribution >= 0.6 is 15.9 Å². The molecule has 15 heavy (non-hydrogen) atoms. The number of hydrogen-bond acceptors (Lipinski definition) is 2. The molecule has 0 aliphatic rings. The van der Waals surface area contributed by atoms with Gasteiger partial charge in [0.05, 0.1) is 4.47 Å². The summed E-state index contributed by atoms with van der Waals surface area (Å²) in [4.78, 5) is 11.7. The molecule has 0 spiro atoms. The average molecular weight is 274 g/mol. The van der Waals surface area contributed by atoms with E-state index >= 15 is 0 Å². The van der Waals surface area contributed by atoms with E-state index in [4.69, 9.17) is 5.73 Å². The van der Waals surface area contributed by atoms with E-state index in [1.165, 1.54) is 6.07 Å². The van der Waals surface area contributed by atoms with Crippen molar-refractivity contribution in [3.05, 3.63) is 33.0 Å². The number of carbonyl (C=O) groups excluding carboxylic acids is 1. The Labute approximate surface area is 96.8 Å². The smallest absolute Gasteiger partial charge is 0.165 e. The zero-order chi connectivity index (χ0) is 11.6. The number of carbonyl (C=O) groups is 1. The lowest BCUT2D eigenvalue weighted by Gasteiger charge is -2.10. The van der Waals surface area contributed by atoms with Crippen LogP contribution in [0.25, 0.3) is 0 Å². The van der Waals surface area contributed by atoms with Gasteiger partial charge in [0.15, 0.2) is 5.78 Å². The Balaban J connectivity index is 3.32. The summed E-state index contributed by atoms with van der Waals surface area (Å²) in [5, 5.41) is 0. The van der Waals surface area contributed by atoms with E-state index in [0.29, 0.717) is 5.56 Å². The van der Waals surface area contributed by atoms with E-state index in [-0.39, 0.29) is 23.2 Å². The molecular formula is C11H13BrFNO. The Bertz CT molecular complexity index is 378. The molecule has 0 heterocycles. The largest absolute Gasteiger partial charge is 0.330 e. The first-order valence-corrected chi connectivity index (χ1v) is 5.46. The number of rotatable bonds is 3. The lowest BCUT2D eigenvalue weighted by atomic mass is 9.98. The normalized spacial score (nSPS) is 10.5. The Kier molecular flexibility index (Phi) is 3.99. The lowest BCUT2D eigenvalue weighted by Crippen LogP contribution is -2.11. The maximum Gasteiger partial charge on any atom is 0.165 e. The van der Waals surface area contributed by atoms with Crippen molar-refractivity contribution in [3.8, 4) is 0 Å². The summed E-state index contributed by atoms with van der Waals surface area (Å²) < 4.78 is 13.6. The minimum absolute atomic E-state index is 0.121. The monoisotopic (exact) mass is 273 g/mol. The van der Waals surface area contributed by atoms with Crippen LogP contribution in [0.3, 0.4) is 0 Å². The summed E-state index contributed by atoms with van der Waals surface area (Å²) in [5.74, 6) is -0.525. The first-order valence-electron chi connectivity index (χ1n) is 4.67. The summed E-state index contributed by atoms with van der Waals surface area (Å²) in [6, 6.07) is 1.42. The first-order chi connectivity index (χ1) is 6.99. The molecule has 0 unspecified atom stereocenters. The maximum absolute atomic E-state index is 13.4. The van der Waals surface area contributed by atoms with Gasteiger partial charge in [0.2, 0.25) is 0 Å². The van der Waals surface area contributed by atoms with Crippen LogP contribution in [0.5, 0.6) is 0 Å². The topological polar surface area (TPSA) is 43.1 Å². The molecular weight excluding hydrogens is 261 g/mol. The number of halogens is 2. The van der Waals surface area contributed by atoms with E-state index in [9.17, 15) is 9.18 Å². The summed E-state index contributed by atoms with van der Waals surface area (Å²) in [5.41, 5.74) is 7.31. The molecule has 1 aromatic carbocycles. The van der Waals surface area contributed by atoms with Gasteiger partial charge in [-0.05, 0) is 53.5 Å². The predicted molar refractivity (Wildman–Crippen MR) is 61.6 cm³/mol. The highest BCUT2D eigenvalue weighted by Crippen LogP contribution is 2.27. The van der Waals surface area contributed by atoms with Crippen molar-refractivity contribution < 1.29 is 9.18 Å². The Morgan fingerprint density at radius 3 is 2.67 bits per heavy atom. The van der Waals surface area contributed by atoms with Gasteiger partial charge in [0, 0.05) is 12.0 Å². The maximum atomic E-state index is 13.4. The second-order valence-corrected chi connectivity index (χ2v) is 4.24. The van der Waals surface area contributed by atoms with Crippen LogP contribution in [0.2, 0.25) is 0 Å². The van der Waals surface area contributed by atoms with Gasteiger partial charge >= 0.3 is 0 Å². The molecule has 0 saturated carbocycles. The number of hydrogen-bond donors (Lipinski definition) is 1. The molecule has 0 fully saturated rings. The Hall–Kier alpha value is -0.740. The van der Waals surface area contributed by atoms with E-state index in [0.717, 1.165) is 11.1 Å². The van der Waals surface area contributed by atoms with Gasteiger partial charge in [0.1, 0.15) is 5.82 Å². The van der Waals surface area contributed by atoms with Crippen LogP contribution < -0.4 is 5.73 Å². The molecule has 2 nitrogen and oxygen atoms in total. The quantitative estimate of drug-likeness (QED) is 0.861. The molecule has 0 aromatic heterocycles. The third kappa shape index (κ3) is 2.44. The lowest BCUT2D eigenvalue weighted by molar-refractivity contribution is 0.0983. The third-order valence-corrected chi connectivity index (χ3v) is 3.16. The van der Waals surface area contributed by atoms with Gasteiger partial charge in [-0.1, -0.05) is 0 Å². The second-order valence-electron chi connectivity index (χ2n) is 3.45. The molecule has 82 valence electrons. The fourth-order valence-corrected chi connectivity index (χ4v) is 2.06. The summed E-state index contributed by atoms with van der Waals surface area (Å²) in [7, 11) is 0. The Morgan fingerprint density at radius 1 is 1.53 bits per heavy atom.